The Kier molecular flexibility index (Phi) is 5.96. The molecule has 2 atom stereocenters. The van der Waals surface area contributed by atoms with Gasteiger partial charge in [0.05, 0.1) is 5.69 Å². The van der Waals surface area contributed by atoms with Crippen molar-refractivity contribution in [2.45, 2.75) is 18.4 Å². The van der Waals surface area contributed by atoms with E-state index in [-0.39, 0.29) is 17.8 Å². The second-order valence-electron chi connectivity index (χ2n) is 7.60. The number of carbonyl (C=O) groups is 1. The van der Waals surface area contributed by atoms with Crippen molar-refractivity contribution in [2.24, 2.45) is 7.05 Å². The molecular weight excluding hydrogens is 431 g/mol. The number of piperidine rings is 1. The fourth-order valence-electron chi connectivity index (χ4n) is 4.02. The van der Waals surface area contributed by atoms with Crippen molar-refractivity contribution in [1.82, 2.24) is 20.4 Å². The zero-order valence-electron chi connectivity index (χ0n) is 16.9. The number of benzene rings is 2. The van der Waals surface area contributed by atoms with E-state index in [9.17, 15) is 26.7 Å². The van der Waals surface area contributed by atoms with E-state index in [1.807, 2.05) is 0 Å². The first kappa shape index (κ1) is 21.9. The average Bonchev–Trinajstić information content (AvgIpc) is 3.19. The molecule has 1 saturated heterocycles. The third kappa shape index (κ3) is 3.97. The Hall–Kier alpha value is -3.27. The number of carbonyl (C=O) groups excluding carboxylic acids is 1. The topological polar surface area (TPSA) is 59.0 Å². The SMILES string of the molecule is Cn1nccc1-c1cc(F)c(C(=O)N[C@@H]2CNCC[C@H]2c2ccc(F)c(F)c2)c(F)c1F. The summed E-state index contributed by atoms with van der Waals surface area (Å²) in [6.45, 7) is 0.779. The Bertz CT molecular complexity index is 1180. The summed E-state index contributed by atoms with van der Waals surface area (Å²) >= 11 is 0. The normalized spacial score (nSPS) is 18.6. The van der Waals surface area contributed by atoms with Gasteiger partial charge in [-0.25, -0.2) is 22.0 Å². The van der Waals surface area contributed by atoms with E-state index >= 15 is 0 Å². The van der Waals surface area contributed by atoms with Gasteiger partial charge in [0.15, 0.2) is 23.3 Å². The van der Waals surface area contributed by atoms with E-state index in [1.54, 1.807) is 0 Å². The van der Waals surface area contributed by atoms with Crippen LogP contribution in [0.4, 0.5) is 22.0 Å². The molecule has 2 aromatic carbocycles. The summed E-state index contributed by atoms with van der Waals surface area (Å²) < 4.78 is 72.4. The molecule has 1 aliphatic heterocycles. The molecule has 3 aromatic rings. The average molecular weight is 450 g/mol. The second-order valence-corrected chi connectivity index (χ2v) is 7.60. The molecule has 2 N–H and O–H groups in total. The van der Waals surface area contributed by atoms with Crippen molar-refractivity contribution in [2.75, 3.05) is 13.1 Å². The highest BCUT2D eigenvalue weighted by atomic mass is 19.2. The maximum absolute atomic E-state index is 14.8. The standard InChI is InChI=1S/C22H19F5N4O/c1-31-18(5-7-29-31)13-9-16(25)19(21(27)20(13)26)22(32)30-17-10-28-6-4-12(17)11-2-3-14(23)15(24)8-11/h2-3,5,7-9,12,17,28H,4,6,10H2,1H3,(H,30,32)/t12-,17+/m0/s1. The number of amides is 1. The lowest BCUT2D eigenvalue weighted by Crippen LogP contribution is -2.50. The first-order valence-electron chi connectivity index (χ1n) is 9.90. The van der Waals surface area contributed by atoms with Gasteiger partial charge in [-0.3, -0.25) is 9.48 Å². The van der Waals surface area contributed by atoms with Crippen LogP contribution in [0.3, 0.4) is 0 Å². The van der Waals surface area contributed by atoms with Crippen LogP contribution in [0.25, 0.3) is 11.3 Å². The Morgan fingerprint density at radius 2 is 1.84 bits per heavy atom. The van der Waals surface area contributed by atoms with E-state index in [0.717, 1.165) is 18.2 Å². The Labute approximate surface area is 180 Å². The second kappa shape index (κ2) is 8.70. The van der Waals surface area contributed by atoms with Gasteiger partial charge in [0.1, 0.15) is 11.4 Å². The quantitative estimate of drug-likeness (QED) is 0.471. The Balaban J connectivity index is 1.63. The summed E-state index contributed by atoms with van der Waals surface area (Å²) in [6, 6.07) is 4.87. The van der Waals surface area contributed by atoms with Gasteiger partial charge in [-0.15, -0.1) is 0 Å². The number of nitrogens with one attached hydrogen (secondary N) is 2. The first-order chi connectivity index (χ1) is 15.3. The third-order valence-electron chi connectivity index (χ3n) is 5.65. The van der Waals surface area contributed by atoms with Crippen LogP contribution in [-0.2, 0) is 7.05 Å². The highest BCUT2D eigenvalue weighted by Crippen LogP contribution is 2.30. The van der Waals surface area contributed by atoms with E-state index in [1.165, 1.54) is 30.1 Å². The van der Waals surface area contributed by atoms with Gasteiger partial charge in [-0.2, -0.15) is 5.10 Å². The smallest absolute Gasteiger partial charge is 0.257 e. The molecule has 4 rings (SSSR count). The molecule has 32 heavy (non-hydrogen) atoms. The zero-order valence-corrected chi connectivity index (χ0v) is 16.9. The molecule has 1 fully saturated rings. The summed E-state index contributed by atoms with van der Waals surface area (Å²) in [5, 5.41) is 9.39. The predicted octanol–water partition coefficient (Wildman–Crippen LogP) is 3.66. The first-order valence-corrected chi connectivity index (χ1v) is 9.90. The minimum atomic E-state index is -1.62. The van der Waals surface area contributed by atoms with Gasteiger partial charge < -0.3 is 10.6 Å². The molecule has 168 valence electrons. The van der Waals surface area contributed by atoms with Crippen molar-refractivity contribution < 1.29 is 26.7 Å². The van der Waals surface area contributed by atoms with Crippen LogP contribution in [0.1, 0.15) is 28.3 Å². The predicted molar refractivity (Wildman–Crippen MR) is 106 cm³/mol. The van der Waals surface area contributed by atoms with Crippen LogP contribution >= 0.6 is 0 Å². The van der Waals surface area contributed by atoms with Crippen LogP contribution in [-0.4, -0.2) is 34.8 Å². The van der Waals surface area contributed by atoms with Crippen molar-refractivity contribution >= 4 is 5.91 Å². The Morgan fingerprint density at radius 1 is 1.06 bits per heavy atom. The largest absolute Gasteiger partial charge is 0.347 e. The summed E-state index contributed by atoms with van der Waals surface area (Å²) in [5.74, 6) is -7.83. The lowest BCUT2D eigenvalue weighted by Gasteiger charge is -2.33. The van der Waals surface area contributed by atoms with Crippen LogP contribution in [0.2, 0.25) is 0 Å². The Morgan fingerprint density at radius 3 is 2.53 bits per heavy atom. The number of nitrogens with zero attached hydrogens (tertiary/aromatic N) is 2. The van der Waals surface area contributed by atoms with Crippen molar-refractivity contribution in [3.05, 3.63) is 76.7 Å². The van der Waals surface area contributed by atoms with Crippen molar-refractivity contribution in [3.8, 4) is 11.3 Å². The van der Waals surface area contributed by atoms with Gasteiger partial charge in [-0.1, -0.05) is 6.07 Å². The number of aromatic nitrogens is 2. The third-order valence-corrected chi connectivity index (χ3v) is 5.65. The number of hydrogen-bond donors (Lipinski definition) is 2. The summed E-state index contributed by atoms with van der Waals surface area (Å²) in [7, 11) is 1.49. The lowest BCUT2D eigenvalue weighted by molar-refractivity contribution is 0.0914. The molecule has 0 aliphatic carbocycles. The zero-order chi connectivity index (χ0) is 23.0. The van der Waals surface area contributed by atoms with E-state index < -0.39 is 52.5 Å². The molecule has 1 amide bonds. The molecule has 2 heterocycles. The molecule has 1 aliphatic rings. The van der Waals surface area contributed by atoms with Crippen molar-refractivity contribution in [1.29, 1.82) is 0 Å². The molecule has 0 radical (unpaired) electrons. The highest BCUT2D eigenvalue weighted by molar-refractivity contribution is 5.95. The monoisotopic (exact) mass is 450 g/mol. The van der Waals surface area contributed by atoms with Crippen LogP contribution in [0.15, 0.2) is 36.5 Å². The van der Waals surface area contributed by atoms with Gasteiger partial charge >= 0.3 is 0 Å². The van der Waals surface area contributed by atoms with E-state index in [4.69, 9.17) is 0 Å². The van der Waals surface area contributed by atoms with Gasteiger partial charge in [-0.05, 0) is 42.8 Å². The molecule has 0 saturated carbocycles. The summed E-state index contributed by atoms with van der Waals surface area (Å²) in [6.07, 6.45) is 1.81. The lowest BCUT2D eigenvalue weighted by atomic mass is 9.85. The van der Waals surface area contributed by atoms with Crippen molar-refractivity contribution in [3.63, 3.8) is 0 Å². The van der Waals surface area contributed by atoms with E-state index in [0.29, 0.717) is 18.5 Å². The minimum absolute atomic E-state index is 0.141. The molecule has 0 spiro atoms. The van der Waals surface area contributed by atoms with Gasteiger partial charge in [0.2, 0.25) is 0 Å². The van der Waals surface area contributed by atoms with Gasteiger partial charge in [0, 0.05) is 37.3 Å². The van der Waals surface area contributed by atoms with Gasteiger partial charge in [0.25, 0.3) is 5.91 Å². The maximum Gasteiger partial charge on any atom is 0.257 e. The fraction of sp³-hybridized carbons (Fsp3) is 0.273. The molecule has 0 unspecified atom stereocenters. The summed E-state index contributed by atoms with van der Waals surface area (Å²) in [4.78, 5) is 12.7. The molecule has 1 aromatic heterocycles. The van der Waals surface area contributed by atoms with E-state index in [2.05, 4.69) is 15.7 Å². The summed E-state index contributed by atoms with van der Waals surface area (Å²) in [5.41, 5.74) is -0.838. The van der Waals surface area contributed by atoms with Crippen LogP contribution < -0.4 is 10.6 Å². The van der Waals surface area contributed by atoms with Crippen LogP contribution in [0.5, 0.6) is 0 Å². The maximum atomic E-state index is 14.8. The number of aryl methyl sites for hydroxylation is 1. The number of rotatable bonds is 4. The highest BCUT2D eigenvalue weighted by Gasteiger charge is 2.32. The number of halogens is 5. The molecule has 5 nitrogen and oxygen atoms in total. The number of hydrogen-bond acceptors (Lipinski definition) is 3. The molecular formula is C22H19F5N4O. The van der Waals surface area contributed by atoms with Crippen LogP contribution in [0, 0.1) is 29.1 Å². The molecule has 10 heteroatoms. The fourth-order valence-corrected chi connectivity index (χ4v) is 4.02. The minimum Gasteiger partial charge on any atom is -0.347 e. The molecule has 0 bridgehead atoms.